The van der Waals surface area contributed by atoms with Crippen LogP contribution >= 0.6 is 11.3 Å². The van der Waals surface area contributed by atoms with Crippen LogP contribution in [0, 0.1) is 5.92 Å². The van der Waals surface area contributed by atoms with Gasteiger partial charge in [-0.1, -0.05) is 25.7 Å². The maximum Gasteiger partial charge on any atom is 0.322 e. The molecule has 1 aromatic heterocycles. The minimum absolute atomic E-state index is 0.0731. The normalized spacial score (nSPS) is 22.7. The predicted molar refractivity (Wildman–Crippen MR) is 97.3 cm³/mol. The number of thiophene rings is 1. The van der Waals surface area contributed by atoms with Crippen molar-refractivity contribution in [1.29, 1.82) is 0 Å². The molecule has 2 N–H and O–H groups in total. The van der Waals surface area contributed by atoms with Gasteiger partial charge in [-0.2, -0.15) is 0 Å². The Kier molecular flexibility index (Phi) is 6.12. The highest BCUT2D eigenvalue weighted by molar-refractivity contribution is 7.14. The Labute approximate surface area is 147 Å². The summed E-state index contributed by atoms with van der Waals surface area (Å²) in [5, 5.41) is 8.94. The first kappa shape index (κ1) is 17.3. The number of nitrogens with zero attached hydrogens (tertiary/aromatic N) is 1. The maximum atomic E-state index is 12.6. The molecule has 0 aromatic carbocycles. The van der Waals surface area contributed by atoms with Gasteiger partial charge in [-0.05, 0) is 43.2 Å². The van der Waals surface area contributed by atoms with Crippen molar-refractivity contribution in [3.63, 3.8) is 0 Å². The lowest BCUT2D eigenvalue weighted by Gasteiger charge is -2.32. The van der Waals surface area contributed by atoms with Crippen molar-refractivity contribution < 1.29 is 9.59 Å². The Hall–Kier alpha value is -1.56. The number of rotatable bonds is 3. The summed E-state index contributed by atoms with van der Waals surface area (Å²) in [4.78, 5) is 26.7. The number of hydrogen-bond donors (Lipinski definition) is 2. The zero-order valence-electron chi connectivity index (χ0n) is 14.1. The molecule has 24 heavy (non-hydrogen) atoms. The van der Waals surface area contributed by atoms with E-state index in [4.69, 9.17) is 0 Å². The van der Waals surface area contributed by atoms with Gasteiger partial charge in [-0.3, -0.25) is 10.1 Å². The van der Waals surface area contributed by atoms with E-state index in [1.165, 1.54) is 37.0 Å². The number of urea groups is 1. The van der Waals surface area contributed by atoms with E-state index in [0.29, 0.717) is 12.6 Å². The predicted octanol–water partition coefficient (Wildman–Crippen LogP) is 3.83. The molecule has 3 rings (SSSR count). The molecule has 1 saturated heterocycles. The lowest BCUT2D eigenvalue weighted by molar-refractivity contribution is -0.127. The molecule has 0 radical (unpaired) electrons. The van der Waals surface area contributed by atoms with Crippen molar-refractivity contribution in [2.24, 2.45) is 5.92 Å². The van der Waals surface area contributed by atoms with E-state index in [1.54, 1.807) is 4.90 Å². The summed E-state index contributed by atoms with van der Waals surface area (Å²) in [5.74, 6) is 0.0617. The summed E-state index contributed by atoms with van der Waals surface area (Å²) >= 11 is 1.51. The first-order valence-electron chi connectivity index (χ1n) is 9.12. The third-order valence-electron chi connectivity index (χ3n) is 5.03. The highest BCUT2D eigenvalue weighted by Crippen LogP contribution is 2.22. The van der Waals surface area contributed by atoms with Crippen molar-refractivity contribution in [3.8, 4) is 0 Å². The fourth-order valence-corrected chi connectivity index (χ4v) is 4.26. The fourth-order valence-electron chi connectivity index (χ4n) is 3.65. The van der Waals surface area contributed by atoms with Gasteiger partial charge in [0.1, 0.15) is 0 Å². The summed E-state index contributed by atoms with van der Waals surface area (Å²) in [6, 6.07) is 4.04. The van der Waals surface area contributed by atoms with Crippen molar-refractivity contribution >= 4 is 28.3 Å². The summed E-state index contributed by atoms with van der Waals surface area (Å²) < 4.78 is 0. The number of hydrogen-bond acceptors (Lipinski definition) is 3. The Morgan fingerprint density at radius 3 is 2.58 bits per heavy atom. The van der Waals surface area contributed by atoms with Crippen molar-refractivity contribution in [2.45, 2.75) is 57.4 Å². The second-order valence-electron chi connectivity index (χ2n) is 6.89. The van der Waals surface area contributed by atoms with Gasteiger partial charge in [-0.15, -0.1) is 11.3 Å². The Balaban J connectivity index is 1.50. The average Bonchev–Trinajstić information content (AvgIpc) is 2.97. The smallest absolute Gasteiger partial charge is 0.322 e. The molecule has 2 aliphatic rings. The zero-order valence-corrected chi connectivity index (χ0v) is 14.9. The molecule has 132 valence electrons. The Bertz CT molecular complexity index is 538. The molecule has 2 heterocycles. The highest BCUT2D eigenvalue weighted by Gasteiger charge is 2.29. The number of anilines is 1. The number of likely N-dealkylation sites (tertiary alicyclic amines) is 1. The molecular weight excluding hydrogens is 322 g/mol. The highest BCUT2D eigenvalue weighted by atomic mass is 32.1. The molecule has 1 atom stereocenters. The summed E-state index contributed by atoms with van der Waals surface area (Å²) in [5.41, 5.74) is 0. The van der Waals surface area contributed by atoms with Gasteiger partial charge in [-0.25, -0.2) is 4.79 Å². The van der Waals surface area contributed by atoms with Crippen LogP contribution in [0.3, 0.4) is 0 Å². The maximum absolute atomic E-state index is 12.6. The van der Waals surface area contributed by atoms with E-state index >= 15 is 0 Å². The van der Waals surface area contributed by atoms with Gasteiger partial charge in [0, 0.05) is 19.1 Å². The summed E-state index contributed by atoms with van der Waals surface area (Å²) in [6.45, 7) is 1.25. The zero-order chi connectivity index (χ0) is 16.8. The summed E-state index contributed by atoms with van der Waals surface area (Å²) in [7, 11) is 0. The van der Waals surface area contributed by atoms with E-state index < -0.39 is 0 Å². The summed E-state index contributed by atoms with van der Waals surface area (Å²) in [6.07, 6.45) is 8.96. The van der Waals surface area contributed by atoms with Crippen molar-refractivity contribution in [1.82, 2.24) is 10.2 Å². The molecule has 1 saturated carbocycles. The van der Waals surface area contributed by atoms with E-state index in [9.17, 15) is 9.59 Å². The Morgan fingerprint density at radius 2 is 1.88 bits per heavy atom. The molecule has 1 unspecified atom stereocenters. The van der Waals surface area contributed by atoms with Gasteiger partial charge in [0.25, 0.3) is 0 Å². The van der Waals surface area contributed by atoms with Gasteiger partial charge in [0.15, 0.2) is 0 Å². The van der Waals surface area contributed by atoms with Crippen LogP contribution in [0.1, 0.15) is 51.4 Å². The first-order chi connectivity index (χ1) is 11.7. The number of nitrogens with one attached hydrogen (secondary N) is 2. The third-order valence-corrected chi connectivity index (χ3v) is 5.82. The van der Waals surface area contributed by atoms with E-state index in [-0.39, 0.29) is 17.9 Å². The molecule has 5 nitrogen and oxygen atoms in total. The average molecular weight is 350 g/mol. The molecular formula is C18H27N3O2S. The monoisotopic (exact) mass is 349 g/mol. The topological polar surface area (TPSA) is 61.4 Å². The molecule has 1 aliphatic heterocycles. The quantitative estimate of drug-likeness (QED) is 0.815. The van der Waals surface area contributed by atoms with Gasteiger partial charge in [0.2, 0.25) is 5.91 Å². The Morgan fingerprint density at radius 1 is 1.08 bits per heavy atom. The van der Waals surface area contributed by atoms with Crippen LogP contribution in [0.25, 0.3) is 0 Å². The molecule has 0 bridgehead atoms. The molecule has 3 amide bonds. The van der Waals surface area contributed by atoms with Crippen LogP contribution in [-0.4, -0.2) is 36.0 Å². The lowest BCUT2D eigenvalue weighted by Crippen LogP contribution is -2.48. The lowest BCUT2D eigenvalue weighted by atomic mass is 9.96. The van der Waals surface area contributed by atoms with Crippen LogP contribution in [0.5, 0.6) is 0 Å². The first-order valence-corrected chi connectivity index (χ1v) is 10.00. The van der Waals surface area contributed by atoms with E-state index in [0.717, 1.165) is 37.2 Å². The number of carbonyl (C=O) groups is 2. The minimum Gasteiger partial charge on any atom is -0.353 e. The second-order valence-corrected chi connectivity index (χ2v) is 7.84. The molecule has 0 spiro atoms. The molecule has 1 aliphatic carbocycles. The van der Waals surface area contributed by atoms with Crippen LogP contribution in [0.15, 0.2) is 17.5 Å². The van der Waals surface area contributed by atoms with Crippen LogP contribution < -0.4 is 10.6 Å². The molecule has 1 aromatic rings. The van der Waals surface area contributed by atoms with Crippen molar-refractivity contribution in [2.75, 3.05) is 18.4 Å². The minimum atomic E-state index is -0.0931. The van der Waals surface area contributed by atoms with Crippen LogP contribution in [-0.2, 0) is 4.79 Å². The van der Waals surface area contributed by atoms with Crippen LogP contribution in [0.4, 0.5) is 9.80 Å². The fraction of sp³-hybridized carbons (Fsp3) is 0.667. The SMILES string of the molecule is O=C(NC1CCCCCC1)C1CCCN(C(=O)Nc2cccs2)C1. The molecule has 6 heteroatoms. The molecule has 2 fully saturated rings. The standard InChI is InChI=1S/C18H27N3O2S/c22-17(19-15-8-3-1-2-4-9-15)14-7-5-11-21(13-14)18(23)20-16-10-6-12-24-16/h6,10,12,14-15H,1-5,7-9,11,13H2,(H,19,22)(H,20,23). The largest absolute Gasteiger partial charge is 0.353 e. The van der Waals surface area contributed by atoms with Gasteiger partial charge >= 0.3 is 6.03 Å². The number of carbonyl (C=O) groups excluding carboxylic acids is 2. The number of piperidine rings is 1. The third kappa shape index (κ3) is 4.72. The second kappa shape index (κ2) is 8.51. The van der Waals surface area contributed by atoms with Gasteiger partial charge < -0.3 is 10.2 Å². The van der Waals surface area contributed by atoms with Crippen molar-refractivity contribution in [3.05, 3.63) is 17.5 Å². The number of amides is 3. The van der Waals surface area contributed by atoms with Crippen LogP contribution in [0.2, 0.25) is 0 Å². The van der Waals surface area contributed by atoms with E-state index in [1.807, 2.05) is 17.5 Å². The van der Waals surface area contributed by atoms with E-state index in [2.05, 4.69) is 10.6 Å². The van der Waals surface area contributed by atoms with Gasteiger partial charge in [0.05, 0.1) is 10.9 Å².